The third kappa shape index (κ3) is 13.9. The molecule has 0 spiro atoms. The first kappa shape index (κ1) is 27.2. The molecule has 0 aliphatic carbocycles. The van der Waals surface area contributed by atoms with Gasteiger partial charge in [-0.2, -0.15) is 0 Å². The first-order valence-corrected chi connectivity index (χ1v) is 10.7. The van der Waals surface area contributed by atoms with Gasteiger partial charge < -0.3 is 14.8 Å². The highest BCUT2D eigenvalue weighted by molar-refractivity contribution is 5.84. The summed E-state index contributed by atoms with van der Waals surface area (Å²) in [6.45, 7) is 13.2. The van der Waals surface area contributed by atoms with Gasteiger partial charge in [0.1, 0.15) is 0 Å². The Kier molecular flexibility index (Phi) is 15.0. The van der Waals surface area contributed by atoms with Gasteiger partial charge in [0.15, 0.2) is 0 Å². The van der Waals surface area contributed by atoms with E-state index in [1.54, 1.807) is 0 Å². The molecule has 0 heterocycles. The Morgan fingerprint density at radius 2 is 1.90 bits per heavy atom. The molecule has 5 nitrogen and oxygen atoms in total. The van der Waals surface area contributed by atoms with Crippen molar-refractivity contribution >= 4 is 11.8 Å². The van der Waals surface area contributed by atoms with E-state index in [4.69, 9.17) is 4.74 Å². The number of rotatable bonds is 13. The quantitative estimate of drug-likeness (QED) is 0.152. The number of hydrogen-bond donors (Lipinski definition) is 1. The average molecular weight is 407 g/mol. The van der Waals surface area contributed by atoms with E-state index in [-0.39, 0.29) is 24.6 Å². The number of hydrogen-bond acceptors (Lipinski definition) is 4. The number of amidine groups is 1. The fourth-order valence-electron chi connectivity index (χ4n) is 2.96. The van der Waals surface area contributed by atoms with Gasteiger partial charge in [0.25, 0.3) is 0 Å². The molecule has 0 aromatic heterocycles. The zero-order valence-corrected chi connectivity index (χ0v) is 19.7. The van der Waals surface area contributed by atoms with Gasteiger partial charge >= 0.3 is 5.97 Å². The molecule has 5 heteroatoms. The van der Waals surface area contributed by atoms with Crippen LogP contribution in [0.2, 0.25) is 0 Å². The van der Waals surface area contributed by atoms with E-state index in [0.29, 0.717) is 11.8 Å². The van der Waals surface area contributed by atoms with Crippen LogP contribution in [0.5, 0.6) is 0 Å². The molecule has 0 aliphatic heterocycles. The molecule has 0 fully saturated rings. The van der Waals surface area contributed by atoms with Gasteiger partial charge in [0.05, 0.1) is 31.6 Å². The molecule has 0 aliphatic rings. The summed E-state index contributed by atoms with van der Waals surface area (Å²) in [6.07, 6.45) is 9.51. The minimum absolute atomic E-state index is 0.0540. The van der Waals surface area contributed by atoms with Crippen molar-refractivity contribution in [3.63, 3.8) is 0 Å². The van der Waals surface area contributed by atoms with E-state index < -0.39 is 0 Å². The molecule has 0 rings (SSSR count). The lowest BCUT2D eigenvalue weighted by molar-refractivity contribution is -0.143. The van der Waals surface area contributed by atoms with Gasteiger partial charge in [0.2, 0.25) is 0 Å². The third-order valence-electron chi connectivity index (χ3n) is 4.62. The molecule has 4 unspecified atom stereocenters. The Morgan fingerprint density at radius 3 is 2.45 bits per heavy atom. The SMILES string of the molecule is CCC(CCC=C=C(C)C)C(=NC)NCC(C)C=CC(C)OC(C)CC(=O)OC. The molecule has 0 aromatic carbocycles. The maximum atomic E-state index is 11.3. The predicted octanol–water partition coefficient (Wildman–Crippen LogP) is 5.08. The van der Waals surface area contributed by atoms with Crippen molar-refractivity contribution < 1.29 is 14.3 Å². The summed E-state index contributed by atoms with van der Waals surface area (Å²) >= 11 is 0. The van der Waals surface area contributed by atoms with E-state index in [1.165, 1.54) is 12.7 Å². The fourth-order valence-corrected chi connectivity index (χ4v) is 2.96. The van der Waals surface area contributed by atoms with Crippen molar-refractivity contribution in [2.75, 3.05) is 20.7 Å². The van der Waals surface area contributed by atoms with Crippen molar-refractivity contribution in [3.05, 3.63) is 29.5 Å². The maximum absolute atomic E-state index is 11.3. The number of nitrogens with zero attached hydrogens (tertiary/aromatic N) is 1. The van der Waals surface area contributed by atoms with Gasteiger partial charge in [-0.3, -0.25) is 9.79 Å². The summed E-state index contributed by atoms with van der Waals surface area (Å²) in [7, 11) is 3.25. The molecule has 0 saturated heterocycles. The first-order valence-electron chi connectivity index (χ1n) is 10.7. The number of methoxy groups -OCH3 is 1. The standard InChI is InChI=1S/C24H42N2O3/c1-9-22(13-11-10-12-18(2)3)24(25-7)26-17-19(4)14-15-20(5)29-21(6)16-23(27)28-8/h10,14-15,19-22H,9,11,13,16-17H2,1-8H3,(H,25,26). The molecule has 1 N–H and O–H groups in total. The van der Waals surface area contributed by atoms with Crippen LogP contribution in [-0.4, -0.2) is 44.7 Å². The minimum atomic E-state index is -0.251. The molecule has 4 atom stereocenters. The van der Waals surface area contributed by atoms with Gasteiger partial charge in [-0.25, -0.2) is 0 Å². The summed E-state index contributed by atoms with van der Waals surface area (Å²) in [4.78, 5) is 15.8. The van der Waals surface area contributed by atoms with Crippen LogP contribution in [0.3, 0.4) is 0 Å². The number of aliphatic imine (C=N–C) groups is 1. The van der Waals surface area contributed by atoms with Crippen molar-refractivity contribution in [2.45, 2.75) is 79.4 Å². The summed E-state index contributed by atoms with van der Waals surface area (Å²) in [5.74, 6) is 1.61. The number of ether oxygens (including phenoxy) is 2. The summed E-state index contributed by atoms with van der Waals surface area (Å²) in [5, 5.41) is 3.53. The topological polar surface area (TPSA) is 59.9 Å². The van der Waals surface area contributed by atoms with Crippen LogP contribution in [0, 0.1) is 11.8 Å². The third-order valence-corrected chi connectivity index (χ3v) is 4.62. The van der Waals surface area contributed by atoms with E-state index in [0.717, 1.165) is 31.6 Å². The molecular formula is C24H42N2O3. The average Bonchev–Trinajstić information content (AvgIpc) is 2.67. The molecule has 166 valence electrons. The van der Waals surface area contributed by atoms with E-state index in [1.807, 2.05) is 27.0 Å². The molecule has 0 amide bonds. The van der Waals surface area contributed by atoms with Crippen LogP contribution < -0.4 is 5.32 Å². The van der Waals surface area contributed by atoms with Gasteiger partial charge in [-0.15, -0.1) is 5.73 Å². The number of carbonyl (C=O) groups excluding carboxylic acids is 1. The fraction of sp³-hybridized carbons (Fsp3) is 0.708. The Labute approximate surface area is 178 Å². The predicted molar refractivity (Wildman–Crippen MR) is 122 cm³/mol. The van der Waals surface area contributed by atoms with E-state index in [9.17, 15) is 4.79 Å². The number of nitrogens with one attached hydrogen (secondary N) is 1. The van der Waals surface area contributed by atoms with Gasteiger partial charge in [0, 0.05) is 19.5 Å². The van der Waals surface area contributed by atoms with Crippen LogP contribution in [0.4, 0.5) is 0 Å². The molecule has 0 radical (unpaired) electrons. The largest absolute Gasteiger partial charge is 0.469 e. The second-order valence-corrected chi connectivity index (χ2v) is 7.81. The normalized spacial score (nSPS) is 15.9. The Bertz CT molecular complexity index is 585. The van der Waals surface area contributed by atoms with Crippen LogP contribution >= 0.6 is 0 Å². The second kappa shape index (κ2) is 16.0. The zero-order valence-electron chi connectivity index (χ0n) is 19.7. The lowest BCUT2D eigenvalue weighted by Crippen LogP contribution is -2.33. The lowest BCUT2D eigenvalue weighted by atomic mass is 9.98. The minimum Gasteiger partial charge on any atom is -0.469 e. The van der Waals surface area contributed by atoms with Crippen molar-refractivity contribution in [1.82, 2.24) is 5.32 Å². The highest BCUT2D eigenvalue weighted by atomic mass is 16.5. The zero-order chi connectivity index (χ0) is 22.2. The highest BCUT2D eigenvalue weighted by Gasteiger charge is 2.14. The van der Waals surface area contributed by atoms with Crippen molar-refractivity contribution in [2.24, 2.45) is 16.8 Å². The number of carbonyl (C=O) groups is 1. The molecule has 0 bridgehead atoms. The smallest absolute Gasteiger partial charge is 0.308 e. The van der Waals surface area contributed by atoms with Crippen LogP contribution in [0.15, 0.2) is 34.5 Å². The second-order valence-electron chi connectivity index (χ2n) is 7.81. The molecule has 0 saturated carbocycles. The van der Waals surface area contributed by atoms with E-state index in [2.05, 4.69) is 60.6 Å². The highest BCUT2D eigenvalue weighted by Crippen LogP contribution is 2.13. The Hall–Kier alpha value is -1.84. The van der Waals surface area contributed by atoms with Crippen LogP contribution in [0.1, 0.15) is 67.2 Å². The summed E-state index contributed by atoms with van der Waals surface area (Å²) in [5.41, 5.74) is 4.48. The monoisotopic (exact) mass is 406 g/mol. The van der Waals surface area contributed by atoms with Gasteiger partial charge in [-0.1, -0.05) is 26.0 Å². The number of esters is 1. The Morgan fingerprint density at radius 1 is 1.21 bits per heavy atom. The van der Waals surface area contributed by atoms with E-state index >= 15 is 0 Å². The maximum Gasteiger partial charge on any atom is 0.308 e. The van der Waals surface area contributed by atoms with Crippen molar-refractivity contribution in [1.29, 1.82) is 0 Å². The summed E-state index contributed by atoms with van der Waals surface area (Å²) < 4.78 is 10.5. The molecule has 29 heavy (non-hydrogen) atoms. The van der Waals surface area contributed by atoms with Gasteiger partial charge in [-0.05, 0) is 64.5 Å². The molecule has 0 aromatic rings. The van der Waals surface area contributed by atoms with Crippen LogP contribution in [0.25, 0.3) is 0 Å². The Balaban J connectivity index is 4.48. The van der Waals surface area contributed by atoms with Crippen LogP contribution in [-0.2, 0) is 14.3 Å². The summed E-state index contributed by atoms with van der Waals surface area (Å²) in [6, 6.07) is 0. The molecular weight excluding hydrogens is 364 g/mol. The number of allylic oxidation sites excluding steroid dienone is 1. The van der Waals surface area contributed by atoms with Crippen molar-refractivity contribution in [3.8, 4) is 0 Å². The first-order chi connectivity index (χ1) is 13.7. The lowest BCUT2D eigenvalue weighted by Gasteiger charge is -2.20.